The van der Waals surface area contributed by atoms with E-state index >= 15 is 0 Å². The average molecular weight is 267 g/mol. The lowest BCUT2D eigenvalue weighted by Gasteiger charge is -2.08. The number of aryl methyl sites for hydroxylation is 1. The summed E-state index contributed by atoms with van der Waals surface area (Å²) in [4.78, 5) is 4.35. The molecule has 1 aliphatic heterocycles. The highest BCUT2D eigenvalue weighted by Gasteiger charge is 2.19. The SMILES string of the molecule is Cc1ccc(S(=O)(=O)OC2=NCCCCC2)cc1. The van der Waals surface area contributed by atoms with E-state index in [1.807, 2.05) is 6.92 Å². The lowest BCUT2D eigenvalue weighted by Crippen LogP contribution is -2.13. The van der Waals surface area contributed by atoms with Crippen LogP contribution in [0, 0.1) is 6.92 Å². The number of hydrogen-bond donors (Lipinski definition) is 0. The van der Waals surface area contributed by atoms with Gasteiger partial charge in [0.1, 0.15) is 4.90 Å². The molecule has 98 valence electrons. The van der Waals surface area contributed by atoms with Gasteiger partial charge in [0.2, 0.25) is 5.90 Å². The van der Waals surface area contributed by atoms with E-state index in [0.717, 1.165) is 24.8 Å². The third kappa shape index (κ3) is 3.32. The zero-order valence-electron chi connectivity index (χ0n) is 10.4. The largest absolute Gasteiger partial charge is 0.363 e. The minimum atomic E-state index is -3.72. The van der Waals surface area contributed by atoms with Gasteiger partial charge in [0, 0.05) is 13.0 Å². The summed E-state index contributed by atoms with van der Waals surface area (Å²) in [6, 6.07) is 6.63. The first-order valence-electron chi connectivity index (χ1n) is 6.12. The molecule has 2 rings (SSSR count). The first-order chi connectivity index (χ1) is 8.58. The topological polar surface area (TPSA) is 55.7 Å². The van der Waals surface area contributed by atoms with Gasteiger partial charge in [0.25, 0.3) is 0 Å². The Balaban J connectivity index is 2.16. The van der Waals surface area contributed by atoms with Crippen molar-refractivity contribution in [3.8, 4) is 0 Å². The molecule has 0 amide bonds. The second kappa shape index (κ2) is 5.52. The third-order valence-electron chi connectivity index (χ3n) is 2.85. The fourth-order valence-electron chi connectivity index (χ4n) is 1.80. The molecule has 0 bridgehead atoms. The van der Waals surface area contributed by atoms with E-state index in [4.69, 9.17) is 4.18 Å². The third-order valence-corrected chi connectivity index (χ3v) is 4.11. The van der Waals surface area contributed by atoms with Crippen molar-refractivity contribution < 1.29 is 12.6 Å². The monoisotopic (exact) mass is 267 g/mol. The molecule has 0 spiro atoms. The minimum Gasteiger partial charge on any atom is -0.363 e. The van der Waals surface area contributed by atoms with Gasteiger partial charge in [0.15, 0.2) is 0 Å². The molecule has 0 fully saturated rings. The predicted octanol–water partition coefficient (Wildman–Crippen LogP) is 2.67. The van der Waals surface area contributed by atoms with Crippen molar-refractivity contribution in [3.63, 3.8) is 0 Å². The Bertz CT molecular complexity index is 532. The maximum Gasteiger partial charge on any atom is 0.340 e. The van der Waals surface area contributed by atoms with Crippen molar-refractivity contribution in [2.45, 2.75) is 37.5 Å². The Morgan fingerprint density at radius 3 is 2.56 bits per heavy atom. The van der Waals surface area contributed by atoms with Crippen LogP contribution in [0.4, 0.5) is 0 Å². The molecule has 0 saturated heterocycles. The molecular weight excluding hydrogens is 250 g/mol. The summed E-state index contributed by atoms with van der Waals surface area (Å²) in [6.45, 7) is 2.56. The maximum absolute atomic E-state index is 12.0. The fraction of sp³-hybridized carbons (Fsp3) is 0.462. The van der Waals surface area contributed by atoms with Gasteiger partial charge in [0.05, 0.1) is 0 Å². The van der Waals surface area contributed by atoms with Crippen molar-refractivity contribution in [2.24, 2.45) is 4.99 Å². The Morgan fingerprint density at radius 2 is 1.83 bits per heavy atom. The summed E-state index contributed by atoms with van der Waals surface area (Å²) in [5.74, 6) is 0.341. The molecule has 0 aliphatic carbocycles. The van der Waals surface area contributed by atoms with Crippen LogP contribution in [0.5, 0.6) is 0 Å². The van der Waals surface area contributed by atoms with E-state index in [-0.39, 0.29) is 4.90 Å². The van der Waals surface area contributed by atoms with Crippen molar-refractivity contribution >= 4 is 16.0 Å². The van der Waals surface area contributed by atoms with E-state index < -0.39 is 10.1 Å². The van der Waals surface area contributed by atoms with Crippen LogP contribution >= 0.6 is 0 Å². The van der Waals surface area contributed by atoms with Crippen LogP contribution in [0.3, 0.4) is 0 Å². The first-order valence-corrected chi connectivity index (χ1v) is 7.53. The molecule has 0 atom stereocenters. The van der Waals surface area contributed by atoms with E-state index in [2.05, 4.69) is 4.99 Å². The molecule has 5 heteroatoms. The molecule has 1 aliphatic rings. The molecule has 0 radical (unpaired) electrons. The highest BCUT2D eigenvalue weighted by atomic mass is 32.2. The van der Waals surface area contributed by atoms with Gasteiger partial charge in [-0.15, -0.1) is 0 Å². The fourth-order valence-corrected chi connectivity index (χ4v) is 2.75. The van der Waals surface area contributed by atoms with Gasteiger partial charge in [-0.05, 0) is 31.9 Å². The summed E-state index contributed by atoms with van der Waals surface area (Å²) in [5.41, 5.74) is 1.01. The Labute approximate surface area is 108 Å². The summed E-state index contributed by atoms with van der Waals surface area (Å²) < 4.78 is 29.1. The molecule has 0 N–H and O–H groups in total. The zero-order valence-corrected chi connectivity index (χ0v) is 11.2. The Kier molecular flexibility index (Phi) is 4.01. The normalized spacial score (nSPS) is 16.8. The van der Waals surface area contributed by atoms with E-state index in [0.29, 0.717) is 18.9 Å². The van der Waals surface area contributed by atoms with Crippen molar-refractivity contribution in [2.75, 3.05) is 6.54 Å². The van der Waals surface area contributed by atoms with Gasteiger partial charge in [-0.1, -0.05) is 24.1 Å². The molecule has 18 heavy (non-hydrogen) atoms. The highest BCUT2D eigenvalue weighted by Crippen LogP contribution is 2.16. The van der Waals surface area contributed by atoms with Crippen LogP contribution in [-0.2, 0) is 14.3 Å². The minimum absolute atomic E-state index is 0.181. The Hall–Kier alpha value is -1.36. The van der Waals surface area contributed by atoms with Gasteiger partial charge in [-0.3, -0.25) is 4.99 Å². The van der Waals surface area contributed by atoms with Crippen LogP contribution in [0.2, 0.25) is 0 Å². The molecule has 0 unspecified atom stereocenters. The van der Waals surface area contributed by atoms with Crippen LogP contribution in [-0.4, -0.2) is 20.9 Å². The second-order valence-electron chi connectivity index (χ2n) is 4.44. The quantitative estimate of drug-likeness (QED) is 0.774. The average Bonchev–Trinajstić information content (AvgIpc) is 2.57. The van der Waals surface area contributed by atoms with Crippen molar-refractivity contribution in [1.82, 2.24) is 0 Å². The van der Waals surface area contributed by atoms with E-state index in [1.165, 1.54) is 0 Å². The Morgan fingerprint density at radius 1 is 1.11 bits per heavy atom. The van der Waals surface area contributed by atoms with Gasteiger partial charge >= 0.3 is 10.1 Å². The first kappa shape index (κ1) is 13.1. The molecule has 1 aromatic carbocycles. The van der Waals surface area contributed by atoms with E-state index in [9.17, 15) is 8.42 Å². The molecule has 0 aromatic heterocycles. The van der Waals surface area contributed by atoms with Gasteiger partial charge in [-0.25, -0.2) is 0 Å². The highest BCUT2D eigenvalue weighted by molar-refractivity contribution is 7.87. The standard InChI is InChI=1S/C13H17NO3S/c1-11-6-8-12(9-7-11)18(15,16)17-13-5-3-2-4-10-14-13/h6-9H,2-5,10H2,1H3. The number of aliphatic imine (C=N–C) groups is 1. The number of nitrogens with zero attached hydrogens (tertiary/aromatic N) is 1. The van der Waals surface area contributed by atoms with Crippen LogP contribution in [0.25, 0.3) is 0 Å². The maximum atomic E-state index is 12.0. The molecule has 4 nitrogen and oxygen atoms in total. The number of hydrogen-bond acceptors (Lipinski definition) is 4. The predicted molar refractivity (Wildman–Crippen MR) is 70.2 cm³/mol. The van der Waals surface area contributed by atoms with Crippen LogP contribution in [0.15, 0.2) is 34.2 Å². The second-order valence-corrected chi connectivity index (χ2v) is 5.98. The van der Waals surface area contributed by atoms with Gasteiger partial charge in [-0.2, -0.15) is 8.42 Å². The molecule has 1 heterocycles. The van der Waals surface area contributed by atoms with Crippen LogP contribution < -0.4 is 0 Å². The van der Waals surface area contributed by atoms with Crippen molar-refractivity contribution in [1.29, 1.82) is 0 Å². The lowest BCUT2D eigenvalue weighted by atomic mass is 10.2. The van der Waals surface area contributed by atoms with Crippen LogP contribution in [0.1, 0.15) is 31.2 Å². The zero-order chi connectivity index (χ0) is 13.0. The molecular formula is C13H17NO3S. The molecule has 1 aromatic rings. The summed E-state index contributed by atoms with van der Waals surface area (Å²) in [7, 11) is -3.72. The van der Waals surface area contributed by atoms with E-state index in [1.54, 1.807) is 24.3 Å². The number of benzene rings is 1. The lowest BCUT2D eigenvalue weighted by molar-refractivity contribution is 0.472. The number of rotatable bonds is 2. The van der Waals surface area contributed by atoms with Gasteiger partial charge < -0.3 is 4.18 Å². The summed E-state index contributed by atoms with van der Waals surface area (Å²) >= 11 is 0. The smallest absolute Gasteiger partial charge is 0.340 e. The van der Waals surface area contributed by atoms with Crippen molar-refractivity contribution in [3.05, 3.63) is 29.8 Å². The summed E-state index contributed by atoms with van der Waals surface area (Å²) in [6.07, 6.45) is 3.60. The molecule has 0 saturated carbocycles. The summed E-state index contributed by atoms with van der Waals surface area (Å²) in [5, 5.41) is 0.